The van der Waals surface area contributed by atoms with Crippen molar-refractivity contribution in [1.82, 2.24) is 0 Å². The summed E-state index contributed by atoms with van der Waals surface area (Å²) in [5, 5.41) is 6.21. The van der Waals surface area contributed by atoms with Crippen LogP contribution in [-0.4, -0.2) is 8.07 Å². The van der Waals surface area contributed by atoms with Gasteiger partial charge in [-0.25, -0.2) is 0 Å². The van der Waals surface area contributed by atoms with Gasteiger partial charge in [0.1, 0.15) is 0 Å². The molecule has 0 aliphatic heterocycles. The third-order valence-electron chi connectivity index (χ3n) is 12.6. The van der Waals surface area contributed by atoms with E-state index in [1.807, 2.05) is 0 Å². The lowest BCUT2D eigenvalue weighted by Gasteiger charge is -2.45. The van der Waals surface area contributed by atoms with Crippen LogP contribution in [0.2, 0.25) is 0 Å². The second-order valence-electron chi connectivity index (χ2n) is 15.2. The minimum absolute atomic E-state index is 0.280. The van der Waals surface area contributed by atoms with E-state index < -0.39 is 8.07 Å². The van der Waals surface area contributed by atoms with Gasteiger partial charge in [0.05, 0.1) is 0 Å². The van der Waals surface area contributed by atoms with E-state index >= 15 is 0 Å². The van der Waals surface area contributed by atoms with Crippen molar-refractivity contribution in [3.8, 4) is 33.4 Å². The molecule has 260 valence electrons. The average Bonchev–Trinajstić information content (AvgIpc) is 3.36. The minimum Gasteiger partial charge on any atom is -0.0636 e. The summed E-state index contributed by atoms with van der Waals surface area (Å²) >= 11 is 0. The lowest BCUT2D eigenvalue weighted by Crippen LogP contribution is -2.73. The van der Waals surface area contributed by atoms with Gasteiger partial charge in [0, 0.05) is 0 Å². The molecule has 0 fully saturated rings. The molecule has 0 N–H and O–H groups in total. The summed E-state index contributed by atoms with van der Waals surface area (Å²) in [5.41, 5.74) is 20.5. The molecule has 0 saturated carbocycles. The first kappa shape index (κ1) is 35.4. The zero-order valence-electron chi connectivity index (χ0n) is 32.7. The Morgan fingerprint density at radius 1 is 0.365 bits per heavy atom. The van der Waals surface area contributed by atoms with E-state index in [1.165, 1.54) is 99.0 Å². The Kier molecular flexibility index (Phi) is 9.44. The first-order chi connectivity index (χ1) is 25.0. The summed E-state index contributed by atoms with van der Waals surface area (Å²) < 4.78 is 0. The first-order valence-electron chi connectivity index (χ1n) is 18.9. The molecule has 6 aromatic carbocycles. The molecule has 1 heteroatoms. The molecule has 0 amide bonds. The minimum atomic E-state index is -3.27. The van der Waals surface area contributed by atoms with Crippen molar-refractivity contribution in [3.63, 3.8) is 0 Å². The van der Waals surface area contributed by atoms with Crippen LogP contribution in [0.4, 0.5) is 0 Å². The predicted molar refractivity (Wildman–Crippen MR) is 229 cm³/mol. The smallest absolute Gasteiger partial charge is 0.0636 e. The van der Waals surface area contributed by atoms with Gasteiger partial charge in [0.2, 0.25) is 0 Å². The van der Waals surface area contributed by atoms with Crippen LogP contribution in [-0.2, 0) is 0 Å². The van der Waals surface area contributed by atoms with Gasteiger partial charge in [-0.2, -0.15) is 0 Å². The van der Waals surface area contributed by atoms with Gasteiger partial charge < -0.3 is 0 Å². The first-order valence-corrected chi connectivity index (χ1v) is 20.9. The van der Waals surface area contributed by atoms with E-state index in [-0.39, 0.29) is 5.92 Å². The highest BCUT2D eigenvalue weighted by Gasteiger charge is 2.53. The van der Waals surface area contributed by atoms with Crippen LogP contribution in [0.25, 0.3) is 33.4 Å². The number of hydrogen-bond donors (Lipinski definition) is 0. The number of hydrogen-bond acceptors (Lipinski definition) is 0. The molecule has 0 saturated heterocycles. The van der Waals surface area contributed by atoms with Crippen molar-refractivity contribution in [2.45, 2.75) is 69.2 Å². The van der Waals surface area contributed by atoms with Crippen molar-refractivity contribution >= 4 is 23.6 Å². The molecular weight excluding hydrogens is 641 g/mol. The Morgan fingerprint density at radius 3 is 0.942 bits per heavy atom. The number of benzene rings is 6. The quantitative estimate of drug-likeness (QED) is 0.115. The number of rotatable bonds is 7. The molecule has 1 unspecified atom stereocenters. The van der Waals surface area contributed by atoms with E-state index in [4.69, 9.17) is 0 Å². The molecule has 7 rings (SSSR count). The van der Waals surface area contributed by atoms with Crippen molar-refractivity contribution in [1.29, 1.82) is 0 Å². The molecule has 0 spiro atoms. The normalized spacial score (nSPS) is 14.8. The lowest BCUT2D eigenvalue weighted by molar-refractivity contribution is 0.851. The fraction of sp³-hybridized carbons (Fsp3) is 0.216. The molecule has 1 atom stereocenters. The third kappa shape index (κ3) is 5.49. The molecule has 52 heavy (non-hydrogen) atoms. The van der Waals surface area contributed by atoms with Gasteiger partial charge in [0.25, 0.3) is 0 Å². The monoisotopic (exact) mass is 692 g/mol. The molecule has 0 aromatic heterocycles. The second-order valence-corrected chi connectivity index (χ2v) is 18.7. The lowest BCUT2D eigenvalue weighted by atomic mass is 9.99. The van der Waals surface area contributed by atoms with Crippen molar-refractivity contribution in [3.05, 3.63) is 183 Å². The van der Waals surface area contributed by atoms with Gasteiger partial charge >= 0.3 is 0 Å². The SMILES string of the molecule is CC1=C(C)C(C)C([Si](c2c(-c3ccccc3)ccc(C)c2C)(c2c(-c3ccccc3)ccc(C)c2C)c2c(-c3ccccc3)ccc(C)c2C)=C1C. The summed E-state index contributed by atoms with van der Waals surface area (Å²) in [5.74, 6) is 0.280. The molecule has 0 radical (unpaired) electrons. The maximum atomic E-state index is 2.50. The van der Waals surface area contributed by atoms with Gasteiger partial charge in [-0.1, -0.05) is 151 Å². The predicted octanol–water partition coefficient (Wildman–Crippen LogP) is 11.9. The number of allylic oxidation sites excluding steroid dienone is 4. The zero-order chi connectivity index (χ0) is 36.9. The van der Waals surface area contributed by atoms with Crippen LogP contribution in [0.15, 0.2) is 149 Å². The second kappa shape index (κ2) is 13.9. The Labute approximate surface area is 313 Å². The summed E-state index contributed by atoms with van der Waals surface area (Å²) in [6.45, 7) is 23.9. The molecule has 6 aromatic rings. The number of aryl methyl sites for hydroxylation is 3. The largest absolute Gasteiger partial charge is 0.179 e. The van der Waals surface area contributed by atoms with E-state index in [9.17, 15) is 0 Å². The maximum Gasteiger partial charge on any atom is 0.179 e. The molecule has 0 bridgehead atoms. The zero-order valence-corrected chi connectivity index (χ0v) is 33.7. The van der Waals surface area contributed by atoms with Crippen LogP contribution >= 0.6 is 0 Å². The molecule has 1 aliphatic rings. The van der Waals surface area contributed by atoms with Crippen LogP contribution in [0, 0.1) is 47.5 Å². The Bertz CT molecular complexity index is 2140. The summed E-state index contributed by atoms with van der Waals surface area (Å²) in [7, 11) is -3.27. The Balaban J connectivity index is 1.88. The highest BCUT2D eigenvalue weighted by molar-refractivity contribution is 7.18. The van der Waals surface area contributed by atoms with E-state index in [0.717, 1.165) is 0 Å². The van der Waals surface area contributed by atoms with Crippen LogP contribution in [0.1, 0.15) is 61.1 Å². The van der Waals surface area contributed by atoms with Crippen molar-refractivity contribution in [2.24, 2.45) is 5.92 Å². The highest BCUT2D eigenvalue weighted by Crippen LogP contribution is 2.45. The van der Waals surface area contributed by atoms with Crippen LogP contribution < -0.4 is 15.6 Å². The molecular formula is C51H52Si. The topological polar surface area (TPSA) is 0 Å². The highest BCUT2D eigenvalue weighted by atomic mass is 28.3. The summed E-state index contributed by atoms with van der Waals surface area (Å²) in [4.78, 5) is 0. The van der Waals surface area contributed by atoms with Crippen molar-refractivity contribution in [2.75, 3.05) is 0 Å². The van der Waals surface area contributed by atoms with Crippen molar-refractivity contribution < 1.29 is 0 Å². The third-order valence-corrected chi connectivity index (χ3v) is 18.4. The average molecular weight is 693 g/mol. The van der Waals surface area contributed by atoms with Gasteiger partial charge in [-0.3, -0.25) is 0 Å². The van der Waals surface area contributed by atoms with Crippen LogP contribution in [0.5, 0.6) is 0 Å². The van der Waals surface area contributed by atoms with E-state index in [1.54, 1.807) is 5.20 Å². The summed E-state index contributed by atoms with van der Waals surface area (Å²) in [6, 6.07) is 48.0. The van der Waals surface area contributed by atoms with E-state index in [2.05, 4.69) is 197 Å². The Morgan fingerprint density at radius 2 is 0.673 bits per heavy atom. The molecule has 1 aliphatic carbocycles. The maximum absolute atomic E-state index is 3.27. The van der Waals surface area contributed by atoms with Gasteiger partial charge in [-0.05, 0) is 156 Å². The summed E-state index contributed by atoms with van der Waals surface area (Å²) in [6.07, 6.45) is 0. The fourth-order valence-electron chi connectivity index (χ4n) is 9.22. The van der Waals surface area contributed by atoms with Crippen LogP contribution in [0.3, 0.4) is 0 Å². The van der Waals surface area contributed by atoms with E-state index in [0.29, 0.717) is 0 Å². The van der Waals surface area contributed by atoms with Gasteiger partial charge in [0.15, 0.2) is 8.07 Å². The molecule has 0 nitrogen and oxygen atoms in total. The fourth-order valence-corrected chi connectivity index (χ4v) is 16.6. The van der Waals surface area contributed by atoms with Gasteiger partial charge in [-0.15, -0.1) is 0 Å². The standard InChI is InChI=1S/C51H52Si/c1-32-26-29-45(42-20-14-11-15-21-42)49(35(32)4)52(48-40(9)38(7)39(8)41(48)10,50-36(5)33(2)27-30-46(50)43-22-16-12-17-23-43)51-37(6)34(3)28-31-47(51)44-24-18-13-19-25-44/h11-31,40H,1-10H3. The Hall–Kier alpha value is -4.98. The molecule has 0 heterocycles.